The van der Waals surface area contributed by atoms with Crippen molar-refractivity contribution in [2.45, 2.75) is 19.6 Å². The molecule has 3 aromatic rings. The second-order valence-corrected chi connectivity index (χ2v) is 7.66. The maximum atomic E-state index is 3.61. The van der Waals surface area contributed by atoms with Gasteiger partial charge in [0.05, 0.1) is 0 Å². The lowest BCUT2D eigenvalue weighted by molar-refractivity contribution is 1.29. The van der Waals surface area contributed by atoms with Crippen LogP contribution in [0.15, 0.2) is 103 Å². The van der Waals surface area contributed by atoms with Crippen molar-refractivity contribution in [3.05, 3.63) is 83.3 Å². The van der Waals surface area contributed by atoms with E-state index in [9.17, 15) is 0 Å². The van der Waals surface area contributed by atoms with Crippen molar-refractivity contribution in [2.24, 2.45) is 0 Å². The van der Waals surface area contributed by atoms with Crippen LogP contribution in [-0.2, 0) is 0 Å². The first-order chi connectivity index (χ1) is 10.3. The zero-order valence-corrected chi connectivity index (χ0v) is 14.4. The van der Waals surface area contributed by atoms with Gasteiger partial charge in [-0.15, -0.1) is 0 Å². The average molecular weight is 373 g/mol. The molecule has 3 aromatic carbocycles. The van der Waals surface area contributed by atoms with Gasteiger partial charge in [0.25, 0.3) is 0 Å². The normalized spacial score (nSPS) is 10.5. The second-order valence-electron chi connectivity index (χ2n) is 4.45. The second kappa shape index (κ2) is 7.21. The third-order valence-electron chi connectivity index (χ3n) is 2.80. The molecule has 0 saturated heterocycles. The van der Waals surface area contributed by atoms with Gasteiger partial charge in [0.15, 0.2) is 0 Å². The standard InChI is InChI=1S/C18H13BrS2/c19-14-11-17(20-15-7-3-1-4-8-15)13-18(12-14)21-16-9-5-2-6-10-16/h1-13H. The van der Waals surface area contributed by atoms with Crippen molar-refractivity contribution in [2.75, 3.05) is 0 Å². The van der Waals surface area contributed by atoms with E-state index in [1.54, 1.807) is 23.5 Å². The molecule has 0 fully saturated rings. The van der Waals surface area contributed by atoms with Gasteiger partial charge in [-0.25, -0.2) is 0 Å². The van der Waals surface area contributed by atoms with E-state index in [0.717, 1.165) is 4.47 Å². The Morgan fingerprint density at radius 3 is 1.38 bits per heavy atom. The van der Waals surface area contributed by atoms with Gasteiger partial charge in [0, 0.05) is 24.1 Å². The minimum atomic E-state index is 1.11. The molecule has 0 unspecified atom stereocenters. The van der Waals surface area contributed by atoms with Crippen molar-refractivity contribution in [3.8, 4) is 0 Å². The fraction of sp³-hybridized carbons (Fsp3) is 0. The van der Waals surface area contributed by atoms with E-state index in [0.29, 0.717) is 0 Å². The molecule has 0 spiro atoms. The van der Waals surface area contributed by atoms with E-state index in [4.69, 9.17) is 0 Å². The molecule has 0 bridgehead atoms. The Morgan fingerprint density at radius 1 is 0.524 bits per heavy atom. The van der Waals surface area contributed by atoms with Gasteiger partial charge in [0.2, 0.25) is 0 Å². The zero-order chi connectivity index (χ0) is 14.5. The van der Waals surface area contributed by atoms with Crippen LogP contribution < -0.4 is 0 Å². The predicted molar refractivity (Wildman–Crippen MR) is 95.3 cm³/mol. The highest BCUT2D eigenvalue weighted by molar-refractivity contribution is 9.10. The Morgan fingerprint density at radius 2 is 0.952 bits per heavy atom. The van der Waals surface area contributed by atoms with Crippen LogP contribution in [0.25, 0.3) is 0 Å². The van der Waals surface area contributed by atoms with E-state index in [-0.39, 0.29) is 0 Å². The van der Waals surface area contributed by atoms with Gasteiger partial charge in [-0.05, 0) is 42.5 Å². The van der Waals surface area contributed by atoms with Gasteiger partial charge in [-0.1, -0.05) is 75.9 Å². The summed E-state index contributed by atoms with van der Waals surface area (Å²) in [4.78, 5) is 5.00. The van der Waals surface area contributed by atoms with E-state index in [1.165, 1.54) is 19.6 Å². The quantitative estimate of drug-likeness (QED) is 0.496. The molecule has 0 N–H and O–H groups in total. The predicted octanol–water partition coefficient (Wildman–Crippen LogP) is 6.75. The van der Waals surface area contributed by atoms with Gasteiger partial charge in [0.1, 0.15) is 0 Å². The Bertz CT molecular complexity index is 652. The number of rotatable bonds is 4. The fourth-order valence-electron chi connectivity index (χ4n) is 1.90. The van der Waals surface area contributed by atoms with Crippen LogP contribution in [0.5, 0.6) is 0 Å². The molecule has 0 nitrogen and oxygen atoms in total. The Hall–Kier alpha value is -1.16. The molecule has 0 heterocycles. The topological polar surface area (TPSA) is 0 Å². The summed E-state index contributed by atoms with van der Waals surface area (Å²) in [5, 5.41) is 0. The first-order valence-corrected chi connectivity index (χ1v) is 8.98. The third-order valence-corrected chi connectivity index (χ3v) is 5.22. The maximum absolute atomic E-state index is 3.61. The van der Waals surface area contributed by atoms with Crippen LogP contribution in [0, 0.1) is 0 Å². The molecule has 3 rings (SSSR count). The molecule has 3 heteroatoms. The van der Waals surface area contributed by atoms with E-state index >= 15 is 0 Å². The number of benzene rings is 3. The lowest BCUT2D eigenvalue weighted by atomic mass is 10.4. The van der Waals surface area contributed by atoms with Crippen LogP contribution in [0.2, 0.25) is 0 Å². The minimum absolute atomic E-state index is 1.11. The molecule has 0 radical (unpaired) electrons. The first kappa shape index (κ1) is 14.8. The van der Waals surface area contributed by atoms with Crippen LogP contribution in [0.3, 0.4) is 0 Å². The molecule has 0 saturated carbocycles. The van der Waals surface area contributed by atoms with Crippen molar-refractivity contribution in [1.29, 1.82) is 0 Å². The van der Waals surface area contributed by atoms with Crippen molar-refractivity contribution < 1.29 is 0 Å². The maximum Gasteiger partial charge on any atom is 0.0197 e. The van der Waals surface area contributed by atoms with Gasteiger partial charge < -0.3 is 0 Å². The highest BCUT2D eigenvalue weighted by atomic mass is 79.9. The van der Waals surface area contributed by atoms with E-state index in [1.807, 2.05) is 12.1 Å². The van der Waals surface area contributed by atoms with Gasteiger partial charge in [-0.3, -0.25) is 0 Å². The summed E-state index contributed by atoms with van der Waals surface area (Å²) in [7, 11) is 0. The summed E-state index contributed by atoms with van der Waals surface area (Å²) < 4.78 is 1.11. The SMILES string of the molecule is Brc1cc(Sc2ccccc2)cc(Sc2ccccc2)c1. The van der Waals surface area contributed by atoms with Gasteiger partial charge in [-0.2, -0.15) is 0 Å². The number of hydrogen-bond donors (Lipinski definition) is 0. The number of halogens is 1. The van der Waals surface area contributed by atoms with Crippen LogP contribution >= 0.6 is 39.5 Å². The smallest absolute Gasteiger partial charge is 0.0197 e. The number of hydrogen-bond acceptors (Lipinski definition) is 2. The summed E-state index contributed by atoms with van der Waals surface area (Å²) in [6.07, 6.45) is 0. The molecule has 0 aliphatic rings. The molecule has 0 amide bonds. The molecular weight excluding hydrogens is 360 g/mol. The van der Waals surface area contributed by atoms with Crippen LogP contribution in [0.1, 0.15) is 0 Å². The van der Waals surface area contributed by atoms with E-state index in [2.05, 4.69) is 82.7 Å². The lowest BCUT2D eigenvalue weighted by Gasteiger charge is -2.07. The molecule has 0 aromatic heterocycles. The summed E-state index contributed by atoms with van der Waals surface area (Å²) >= 11 is 7.18. The third kappa shape index (κ3) is 4.40. The Labute approximate surface area is 142 Å². The summed E-state index contributed by atoms with van der Waals surface area (Å²) in [5.74, 6) is 0. The summed E-state index contributed by atoms with van der Waals surface area (Å²) in [6.45, 7) is 0. The summed E-state index contributed by atoms with van der Waals surface area (Å²) in [5.41, 5.74) is 0. The van der Waals surface area contributed by atoms with Crippen molar-refractivity contribution >= 4 is 39.5 Å². The molecule has 21 heavy (non-hydrogen) atoms. The molecule has 0 aliphatic carbocycles. The van der Waals surface area contributed by atoms with Crippen LogP contribution in [0.4, 0.5) is 0 Å². The molecule has 104 valence electrons. The minimum Gasteiger partial charge on any atom is -0.0900 e. The largest absolute Gasteiger partial charge is 0.0900 e. The molecule has 0 aliphatic heterocycles. The van der Waals surface area contributed by atoms with E-state index < -0.39 is 0 Å². The Balaban J connectivity index is 1.83. The van der Waals surface area contributed by atoms with Crippen molar-refractivity contribution in [1.82, 2.24) is 0 Å². The van der Waals surface area contributed by atoms with Crippen LogP contribution in [-0.4, -0.2) is 0 Å². The lowest BCUT2D eigenvalue weighted by Crippen LogP contribution is -1.78. The first-order valence-electron chi connectivity index (χ1n) is 6.56. The molecule has 0 atom stereocenters. The fourth-order valence-corrected chi connectivity index (χ4v) is 4.65. The van der Waals surface area contributed by atoms with Crippen molar-refractivity contribution in [3.63, 3.8) is 0 Å². The molecular formula is C18H13BrS2. The monoisotopic (exact) mass is 372 g/mol. The summed E-state index contributed by atoms with van der Waals surface area (Å²) in [6, 6.07) is 27.5. The zero-order valence-electron chi connectivity index (χ0n) is 11.2. The highest BCUT2D eigenvalue weighted by Gasteiger charge is 2.03. The average Bonchev–Trinajstić information content (AvgIpc) is 2.48. The highest BCUT2D eigenvalue weighted by Crippen LogP contribution is 2.35. The Kier molecular flexibility index (Phi) is 5.07. The van der Waals surface area contributed by atoms with Gasteiger partial charge >= 0.3 is 0 Å².